The van der Waals surface area contributed by atoms with Gasteiger partial charge in [0, 0.05) is 38.3 Å². The van der Waals surface area contributed by atoms with Crippen LogP contribution < -0.4 is 0 Å². The van der Waals surface area contributed by atoms with Crippen LogP contribution in [-0.2, 0) is 13.1 Å². The first kappa shape index (κ1) is 19.4. The summed E-state index contributed by atoms with van der Waals surface area (Å²) in [5, 5.41) is 15.1. The summed E-state index contributed by atoms with van der Waals surface area (Å²) in [6.07, 6.45) is 8.98. The summed E-state index contributed by atoms with van der Waals surface area (Å²) in [4.78, 5) is 7.47. The van der Waals surface area contributed by atoms with Gasteiger partial charge in [0.2, 0.25) is 0 Å². The maximum atomic E-state index is 10.4. The molecule has 152 valence electrons. The Morgan fingerprint density at radius 1 is 1.00 bits per heavy atom. The predicted molar refractivity (Wildman–Crippen MR) is 108 cm³/mol. The second kappa shape index (κ2) is 8.60. The minimum absolute atomic E-state index is 0.498. The molecular formula is C21H37N5O. The van der Waals surface area contributed by atoms with E-state index >= 15 is 0 Å². The summed E-state index contributed by atoms with van der Waals surface area (Å²) < 4.78 is 2.14. The fourth-order valence-corrected chi connectivity index (χ4v) is 5.31. The van der Waals surface area contributed by atoms with Crippen LogP contribution in [0.3, 0.4) is 0 Å². The van der Waals surface area contributed by atoms with Crippen LogP contribution in [0.4, 0.5) is 0 Å². The number of aromatic nitrogens is 2. The van der Waals surface area contributed by atoms with Gasteiger partial charge in [0.05, 0.1) is 11.4 Å². The zero-order valence-electron chi connectivity index (χ0n) is 17.2. The van der Waals surface area contributed by atoms with Crippen molar-refractivity contribution >= 4 is 0 Å². The fourth-order valence-electron chi connectivity index (χ4n) is 5.31. The Hall–Kier alpha value is -0.950. The van der Waals surface area contributed by atoms with Gasteiger partial charge in [0.15, 0.2) is 0 Å². The summed E-state index contributed by atoms with van der Waals surface area (Å²) in [6.45, 7) is 6.31. The Morgan fingerprint density at radius 2 is 1.70 bits per heavy atom. The monoisotopic (exact) mass is 375 g/mol. The third-order valence-corrected chi connectivity index (χ3v) is 6.80. The maximum absolute atomic E-state index is 10.4. The first-order valence-electron chi connectivity index (χ1n) is 11.0. The van der Waals surface area contributed by atoms with E-state index in [4.69, 9.17) is 5.10 Å². The first-order valence-corrected chi connectivity index (χ1v) is 11.0. The van der Waals surface area contributed by atoms with Crippen molar-refractivity contribution in [1.82, 2.24) is 24.5 Å². The van der Waals surface area contributed by atoms with E-state index in [0.29, 0.717) is 12.6 Å². The molecule has 1 aliphatic carbocycles. The van der Waals surface area contributed by atoms with E-state index in [9.17, 15) is 5.11 Å². The number of aliphatic hydroxyl groups excluding tert-OH is 1. The zero-order chi connectivity index (χ0) is 18.8. The number of likely N-dealkylation sites (tertiary alicyclic amines) is 1. The van der Waals surface area contributed by atoms with Gasteiger partial charge in [-0.1, -0.05) is 12.8 Å². The van der Waals surface area contributed by atoms with Crippen LogP contribution in [0, 0.1) is 0 Å². The van der Waals surface area contributed by atoms with Gasteiger partial charge in [-0.3, -0.25) is 9.58 Å². The van der Waals surface area contributed by atoms with Crippen LogP contribution in [0.15, 0.2) is 6.07 Å². The molecule has 0 aromatic carbocycles. The topological polar surface area (TPSA) is 47.8 Å². The van der Waals surface area contributed by atoms with E-state index in [0.717, 1.165) is 31.2 Å². The number of rotatable bonds is 5. The molecule has 0 amide bonds. The Balaban J connectivity index is 1.36. The second-order valence-corrected chi connectivity index (χ2v) is 9.09. The molecule has 3 heterocycles. The molecule has 1 saturated heterocycles. The number of piperidine rings is 1. The highest BCUT2D eigenvalue weighted by molar-refractivity contribution is 5.14. The van der Waals surface area contributed by atoms with E-state index in [1.54, 1.807) is 0 Å². The van der Waals surface area contributed by atoms with Crippen LogP contribution in [0.2, 0.25) is 0 Å². The summed E-state index contributed by atoms with van der Waals surface area (Å²) in [7, 11) is 3.98. The highest BCUT2D eigenvalue weighted by Crippen LogP contribution is 2.29. The van der Waals surface area contributed by atoms with Crippen LogP contribution in [-0.4, -0.2) is 81.9 Å². The molecule has 2 fully saturated rings. The average Bonchev–Trinajstić information content (AvgIpc) is 3.28. The molecule has 0 radical (unpaired) electrons. The van der Waals surface area contributed by atoms with E-state index in [1.165, 1.54) is 63.9 Å². The van der Waals surface area contributed by atoms with Crippen LogP contribution in [0.5, 0.6) is 0 Å². The number of nitrogens with zero attached hydrogens (tertiary/aromatic N) is 5. The molecule has 1 saturated carbocycles. The van der Waals surface area contributed by atoms with Crippen molar-refractivity contribution in [2.75, 3.05) is 40.3 Å². The molecular weight excluding hydrogens is 338 g/mol. The molecule has 1 atom stereocenters. The summed E-state index contributed by atoms with van der Waals surface area (Å²) in [5.74, 6) is 0. The molecule has 0 bridgehead atoms. The van der Waals surface area contributed by atoms with E-state index < -0.39 is 6.10 Å². The lowest BCUT2D eigenvalue weighted by atomic mass is 10.0. The van der Waals surface area contributed by atoms with Crippen molar-refractivity contribution in [2.24, 2.45) is 0 Å². The van der Waals surface area contributed by atoms with Gasteiger partial charge in [0.1, 0.15) is 6.10 Å². The Labute approximate surface area is 164 Å². The molecule has 2 aliphatic heterocycles. The summed E-state index contributed by atoms with van der Waals surface area (Å²) in [5.41, 5.74) is 2.11. The third kappa shape index (κ3) is 4.56. The van der Waals surface area contributed by atoms with Gasteiger partial charge < -0.3 is 14.9 Å². The molecule has 6 nitrogen and oxygen atoms in total. The number of hydrogen-bond donors (Lipinski definition) is 1. The predicted octanol–water partition coefficient (Wildman–Crippen LogP) is 2.09. The molecule has 1 aromatic heterocycles. The van der Waals surface area contributed by atoms with Crippen LogP contribution in [0.1, 0.15) is 62.4 Å². The number of fused-ring (bicyclic) bond motifs is 1. The average molecular weight is 376 g/mol. The molecule has 1 unspecified atom stereocenters. The summed E-state index contributed by atoms with van der Waals surface area (Å²) >= 11 is 0. The van der Waals surface area contributed by atoms with Crippen molar-refractivity contribution in [3.63, 3.8) is 0 Å². The second-order valence-electron chi connectivity index (χ2n) is 9.09. The molecule has 1 aromatic rings. The molecule has 4 rings (SSSR count). The number of aliphatic hydroxyl groups is 1. The van der Waals surface area contributed by atoms with E-state index in [1.807, 2.05) is 19.0 Å². The minimum atomic E-state index is -0.498. The fraction of sp³-hybridized carbons (Fsp3) is 0.857. The number of hydrogen-bond acceptors (Lipinski definition) is 5. The zero-order valence-corrected chi connectivity index (χ0v) is 17.2. The molecule has 3 aliphatic rings. The third-order valence-electron chi connectivity index (χ3n) is 6.80. The number of likely N-dealkylation sites (N-methyl/N-ethyl adjacent to an activating group) is 1. The van der Waals surface area contributed by atoms with Gasteiger partial charge in [-0.05, 0) is 65.4 Å². The molecule has 0 spiro atoms. The molecule has 6 heteroatoms. The van der Waals surface area contributed by atoms with Gasteiger partial charge in [0.25, 0.3) is 0 Å². The van der Waals surface area contributed by atoms with E-state index in [2.05, 4.69) is 20.5 Å². The van der Waals surface area contributed by atoms with Crippen molar-refractivity contribution in [3.8, 4) is 0 Å². The number of aryl methyl sites for hydroxylation is 1. The Kier molecular flexibility index (Phi) is 6.17. The smallest absolute Gasteiger partial charge is 0.110 e. The van der Waals surface area contributed by atoms with Crippen molar-refractivity contribution in [1.29, 1.82) is 0 Å². The maximum Gasteiger partial charge on any atom is 0.110 e. The quantitative estimate of drug-likeness (QED) is 0.854. The molecule has 27 heavy (non-hydrogen) atoms. The van der Waals surface area contributed by atoms with Gasteiger partial charge >= 0.3 is 0 Å². The van der Waals surface area contributed by atoms with Crippen molar-refractivity contribution in [2.45, 2.75) is 76.2 Å². The van der Waals surface area contributed by atoms with Gasteiger partial charge in [-0.2, -0.15) is 5.10 Å². The summed E-state index contributed by atoms with van der Waals surface area (Å²) in [6, 6.07) is 3.72. The van der Waals surface area contributed by atoms with Crippen LogP contribution >= 0.6 is 0 Å². The van der Waals surface area contributed by atoms with E-state index in [-0.39, 0.29) is 0 Å². The Bertz CT molecular complexity index is 602. The lowest BCUT2D eigenvalue weighted by Gasteiger charge is -2.40. The minimum Gasteiger partial charge on any atom is -0.385 e. The lowest BCUT2D eigenvalue weighted by Crippen LogP contribution is -2.47. The van der Waals surface area contributed by atoms with Crippen LogP contribution in [0.25, 0.3) is 0 Å². The highest BCUT2D eigenvalue weighted by atomic mass is 16.3. The first-order chi connectivity index (χ1) is 13.1. The van der Waals surface area contributed by atoms with Gasteiger partial charge in [-0.25, -0.2) is 0 Å². The SMILES string of the molecule is CN(C)CC(O)c1cc2n(n1)CCCN(C1CCN(C3CCCC3)CC1)C2. The Morgan fingerprint density at radius 3 is 2.41 bits per heavy atom. The van der Waals surface area contributed by atoms with Gasteiger partial charge in [-0.15, -0.1) is 0 Å². The largest absolute Gasteiger partial charge is 0.385 e. The van der Waals surface area contributed by atoms with Crippen molar-refractivity contribution in [3.05, 3.63) is 17.5 Å². The highest BCUT2D eigenvalue weighted by Gasteiger charge is 2.31. The molecule has 1 N–H and O–H groups in total. The standard InChI is InChI=1S/C21H37N5O/c1-23(2)16-21(27)20-14-19-15-25(10-5-11-26(19)22-20)18-8-12-24(13-9-18)17-6-3-4-7-17/h14,17-18,21,27H,3-13,15-16H2,1-2H3. The van der Waals surface area contributed by atoms with Crippen molar-refractivity contribution < 1.29 is 5.11 Å². The normalized spacial score (nSPS) is 25.0. The lowest BCUT2D eigenvalue weighted by molar-refractivity contribution is 0.0810.